The minimum Gasteiger partial charge on any atom is -0.349 e. The number of ether oxygens (including phenoxy) is 2. The molecule has 1 fully saturated rings. The summed E-state index contributed by atoms with van der Waals surface area (Å²) in [6.07, 6.45) is 6.82. The Hall–Kier alpha value is -1.30. The van der Waals surface area contributed by atoms with E-state index in [0.717, 1.165) is 12.8 Å². The maximum atomic E-state index is 5.71. The van der Waals surface area contributed by atoms with Crippen LogP contribution in [0, 0.1) is 19.3 Å². The zero-order chi connectivity index (χ0) is 13.0. The Bertz CT molecular complexity index is 423. The summed E-state index contributed by atoms with van der Waals surface area (Å²) < 4.78 is 11.4. The molecule has 2 nitrogen and oxygen atoms in total. The minimum absolute atomic E-state index is 0.170. The molecule has 1 unspecified atom stereocenters. The zero-order valence-corrected chi connectivity index (χ0v) is 11.1. The fourth-order valence-corrected chi connectivity index (χ4v) is 2.39. The third kappa shape index (κ3) is 2.58. The molecule has 18 heavy (non-hydrogen) atoms. The van der Waals surface area contributed by atoms with Gasteiger partial charge in [0.2, 0.25) is 0 Å². The van der Waals surface area contributed by atoms with E-state index >= 15 is 0 Å². The highest BCUT2D eigenvalue weighted by Gasteiger charge is 2.39. The standard InChI is InChI=1S/C16H20O2/c1-4-5-10-16(3,15-17-11-12-18-15)14-8-6-13(2)7-9-14/h1,6-9,15H,5,10-12H2,2-3H3. The van der Waals surface area contributed by atoms with E-state index in [2.05, 4.69) is 44.0 Å². The molecule has 1 atom stereocenters. The van der Waals surface area contributed by atoms with Crippen LogP contribution >= 0.6 is 0 Å². The van der Waals surface area contributed by atoms with E-state index in [1.165, 1.54) is 11.1 Å². The molecule has 0 aromatic heterocycles. The second-order valence-corrected chi connectivity index (χ2v) is 5.06. The molecule has 0 spiro atoms. The lowest BCUT2D eigenvalue weighted by Gasteiger charge is -2.34. The lowest BCUT2D eigenvalue weighted by molar-refractivity contribution is -0.0962. The Morgan fingerprint density at radius 2 is 1.89 bits per heavy atom. The van der Waals surface area contributed by atoms with E-state index in [1.54, 1.807) is 0 Å². The van der Waals surface area contributed by atoms with Crippen molar-refractivity contribution in [3.63, 3.8) is 0 Å². The van der Waals surface area contributed by atoms with Gasteiger partial charge in [-0.05, 0) is 18.9 Å². The Morgan fingerprint density at radius 1 is 1.28 bits per heavy atom. The predicted molar refractivity (Wildman–Crippen MR) is 72.3 cm³/mol. The SMILES string of the molecule is C#CCCC(C)(c1ccc(C)cc1)C1OCCO1. The summed E-state index contributed by atoms with van der Waals surface area (Å²) in [5, 5.41) is 0. The Balaban J connectivity index is 2.28. The second-order valence-electron chi connectivity index (χ2n) is 5.06. The summed E-state index contributed by atoms with van der Waals surface area (Å²) in [7, 11) is 0. The average molecular weight is 244 g/mol. The molecular formula is C16H20O2. The highest BCUT2D eigenvalue weighted by Crippen LogP contribution is 2.36. The summed E-state index contributed by atoms with van der Waals surface area (Å²) in [6.45, 7) is 5.60. The zero-order valence-electron chi connectivity index (χ0n) is 11.1. The van der Waals surface area contributed by atoms with Gasteiger partial charge in [-0.1, -0.05) is 36.8 Å². The molecule has 0 N–H and O–H groups in total. The molecule has 96 valence electrons. The molecule has 1 aliphatic heterocycles. The summed E-state index contributed by atoms with van der Waals surface area (Å²) in [6, 6.07) is 8.55. The first kappa shape index (κ1) is 13.1. The van der Waals surface area contributed by atoms with Gasteiger partial charge in [0.05, 0.1) is 13.2 Å². The van der Waals surface area contributed by atoms with E-state index in [4.69, 9.17) is 15.9 Å². The normalized spacial score (nSPS) is 19.4. The van der Waals surface area contributed by atoms with Gasteiger partial charge in [-0.2, -0.15) is 0 Å². The van der Waals surface area contributed by atoms with Crippen LogP contribution in [-0.2, 0) is 14.9 Å². The Morgan fingerprint density at radius 3 is 2.44 bits per heavy atom. The molecule has 0 aliphatic carbocycles. The van der Waals surface area contributed by atoms with Crippen molar-refractivity contribution in [1.29, 1.82) is 0 Å². The molecule has 0 saturated carbocycles. The van der Waals surface area contributed by atoms with Crippen molar-refractivity contribution in [2.24, 2.45) is 0 Å². The van der Waals surface area contributed by atoms with E-state index in [9.17, 15) is 0 Å². The van der Waals surface area contributed by atoms with Crippen molar-refractivity contribution in [3.05, 3.63) is 35.4 Å². The van der Waals surface area contributed by atoms with E-state index in [-0.39, 0.29) is 11.7 Å². The number of hydrogen-bond donors (Lipinski definition) is 0. The predicted octanol–water partition coefficient (Wildman–Crippen LogP) is 3.04. The Kier molecular flexibility index (Phi) is 4.06. The first-order valence-corrected chi connectivity index (χ1v) is 6.40. The maximum Gasteiger partial charge on any atom is 0.167 e. The third-order valence-corrected chi connectivity index (χ3v) is 3.64. The summed E-state index contributed by atoms with van der Waals surface area (Å²) in [4.78, 5) is 0. The lowest BCUT2D eigenvalue weighted by atomic mass is 9.77. The van der Waals surface area contributed by atoms with Crippen LogP contribution < -0.4 is 0 Å². The fourth-order valence-electron chi connectivity index (χ4n) is 2.39. The van der Waals surface area contributed by atoms with Crippen molar-refractivity contribution in [3.8, 4) is 12.3 Å². The van der Waals surface area contributed by atoms with Gasteiger partial charge in [0, 0.05) is 11.8 Å². The molecular weight excluding hydrogens is 224 g/mol. The summed E-state index contributed by atoms with van der Waals surface area (Å²) >= 11 is 0. The number of hydrogen-bond acceptors (Lipinski definition) is 2. The van der Waals surface area contributed by atoms with Crippen LogP contribution in [0.25, 0.3) is 0 Å². The molecule has 1 aliphatic rings. The summed E-state index contributed by atoms with van der Waals surface area (Å²) in [5.74, 6) is 2.72. The van der Waals surface area contributed by atoms with Gasteiger partial charge in [-0.15, -0.1) is 12.3 Å². The molecule has 0 amide bonds. The van der Waals surface area contributed by atoms with Crippen molar-refractivity contribution in [2.75, 3.05) is 13.2 Å². The topological polar surface area (TPSA) is 18.5 Å². The van der Waals surface area contributed by atoms with Crippen LogP contribution in [0.3, 0.4) is 0 Å². The van der Waals surface area contributed by atoms with Crippen LogP contribution in [0.5, 0.6) is 0 Å². The fraction of sp³-hybridized carbons (Fsp3) is 0.500. The lowest BCUT2D eigenvalue weighted by Crippen LogP contribution is -2.37. The van der Waals surface area contributed by atoms with Crippen LogP contribution in [0.15, 0.2) is 24.3 Å². The Labute approximate surface area is 109 Å². The highest BCUT2D eigenvalue weighted by molar-refractivity contribution is 5.29. The van der Waals surface area contributed by atoms with Gasteiger partial charge in [-0.25, -0.2) is 0 Å². The second kappa shape index (κ2) is 5.56. The number of aryl methyl sites for hydroxylation is 1. The van der Waals surface area contributed by atoms with Crippen LogP contribution in [0.1, 0.15) is 30.9 Å². The average Bonchev–Trinajstić information content (AvgIpc) is 2.91. The minimum atomic E-state index is -0.187. The van der Waals surface area contributed by atoms with E-state index in [1.807, 2.05) is 0 Å². The third-order valence-electron chi connectivity index (χ3n) is 3.64. The van der Waals surface area contributed by atoms with Gasteiger partial charge >= 0.3 is 0 Å². The monoisotopic (exact) mass is 244 g/mol. The van der Waals surface area contributed by atoms with Crippen molar-refractivity contribution in [2.45, 2.75) is 38.4 Å². The quantitative estimate of drug-likeness (QED) is 0.758. The first-order chi connectivity index (χ1) is 8.66. The molecule has 1 heterocycles. The number of terminal acetylenes is 1. The molecule has 1 saturated heterocycles. The highest BCUT2D eigenvalue weighted by atomic mass is 16.7. The van der Waals surface area contributed by atoms with Crippen molar-refractivity contribution < 1.29 is 9.47 Å². The van der Waals surface area contributed by atoms with Crippen molar-refractivity contribution >= 4 is 0 Å². The number of benzene rings is 1. The van der Waals surface area contributed by atoms with E-state index < -0.39 is 0 Å². The van der Waals surface area contributed by atoms with Gasteiger partial charge in [0.25, 0.3) is 0 Å². The van der Waals surface area contributed by atoms with E-state index in [0.29, 0.717) is 13.2 Å². The van der Waals surface area contributed by atoms with Crippen LogP contribution in [-0.4, -0.2) is 19.5 Å². The molecule has 2 heteroatoms. The number of rotatable bonds is 4. The largest absolute Gasteiger partial charge is 0.349 e. The summed E-state index contributed by atoms with van der Waals surface area (Å²) in [5.41, 5.74) is 2.32. The van der Waals surface area contributed by atoms with Gasteiger partial charge in [0.1, 0.15) is 0 Å². The van der Waals surface area contributed by atoms with Gasteiger partial charge in [0.15, 0.2) is 6.29 Å². The van der Waals surface area contributed by atoms with Crippen LogP contribution in [0.2, 0.25) is 0 Å². The molecule has 1 aromatic carbocycles. The van der Waals surface area contributed by atoms with Gasteiger partial charge < -0.3 is 9.47 Å². The van der Waals surface area contributed by atoms with Crippen LogP contribution in [0.4, 0.5) is 0 Å². The first-order valence-electron chi connectivity index (χ1n) is 6.40. The molecule has 0 radical (unpaired) electrons. The smallest absolute Gasteiger partial charge is 0.167 e. The maximum absolute atomic E-state index is 5.71. The molecule has 1 aromatic rings. The van der Waals surface area contributed by atoms with Crippen molar-refractivity contribution in [1.82, 2.24) is 0 Å². The van der Waals surface area contributed by atoms with Gasteiger partial charge in [-0.3, -0.25) is 0 Å². The molecule has 0 bridgehead atoms. The molecule has 2 rings (SSSR count).